The van der Waals surface area contributed by atoms with Gasteiger partial charge in [0.1, 0.15) is 9.90 Å². The summed E-state index contributed by atoms with van der Waals surface area (Å²) >= 11 is 1.13. The van der Waals surface area contributed by atoms with Gasteiger partial charge in [0, 0.05) is 19.2 Å². The van der Waals surface area contributed by atoms with E-state index in [1.807, 2.05) is 0 Å². The van der Waals surface area contributed by atoms with E-state index in [9.17, 15) is 18.5 Å². The highest BCUT2D eigenvalue weighted by molar-refractivity contribution is 7.91. The molecule has 1 aromatic carbocycles. The molecule has 0 amide bonds. The lowest BCUT2D eigenvalue weighted by Crippen LogP contribution is -2.28. The van der Waals surface area contributed by atoms with Crippen molar-refractivity contribution in [2.45, 2.75) is 11.1 Å². The Hall–Kier alpha value is -1.97. The number of benzene rings is 1. The summed E-state index contributed by atoms with van der Waals surface area (Å²) < 4.78 is 26.5. The summed E-state index contributed by atoms with van der Waals surface area (Å²) in [6.07, 6.45) is 0. The van der Waals surface area contributed by atoms with Gasteiger partial charge in [-0.25, -0.2) is 13.1 Å². The van der Waals surface area contributed by atoms with Crippen molar-refractivity contribution < 1.29 is 13.3 Å². The summed E-state index contributed by atoms with van der Waals surface area (Å²) in [6, 6.07) is 7.95. The number of nitro benzene ring substituents is 1. The first-order valence-electron chi connectivity index (χ1n) is 6.43. The summed E-state index contributed by atoms with van der Waals surface area (Å²) in [5.74, 6) is 0. The molecule has 0 spiro atoms. The number of nitrogens with zero attached hydrogens (tertiary/aromatic N) is 1. The van der Waals surface area contributed by atoms with Gasteiger partial charge in [0.05, 0.1) is 4.92 Å². The van der Waals surface area contributed by atoms with Crippen LogP contribution in [0.5, 0.6) is 0 Å². The number of aryl methyl sites for hydroxylation is 1. The fraction of sp³-hybridized carbons (Fsp3) is 0.231. The molecule has 0 unspecified atom stereocenters. The topological polar surface area (TPSA) is 101 Å². The molecular weight excluding hydrogens is 326 g/mol. The van der Waals surface area contributed by atoms with Crippen molar-refractivity contribution in [3.8, 4) is 0 Å². The maximum absolute atomic E-state index is 11.9. The molecule has 2 rings (SSSR count). The minimum Gasteiger partial charge on any atom is -0.378 e. The maximum Gasteiger partial charge on any atom is 0.292 e. The van der Waals surface area contributed by atoms with Gasteiger partial charge in [-0.15, -0.1) is 11.3 Å². The highest BCUT2D eigenvalue weighted by atomic mass is 32.2. The molecule has 0 fully saturated rings. The molecule has 0 atom stereocenters. The van der Waals surface area contributed by atoms with Crippen LogP contribution in [0.4, 0.5) is 11.4 Å². The fourth-order valence-electron chi connectivity index (χ4n) is 1.89. The maximum atomic E-state index is 11.9. The van der Waals surface area contributed by atoms with Crippen molar-refractivity contribution in [3.63, 3.8) is 0 Å². The van der Waals surface area contributed by atoms with E-state index in [2.05, 4.69) is 10.0 Å². The smallest absolute Gasteiger partial charge is 0.292 e. The molecule has 1 heterocycles. The van der Waals surface area contributed by atoms with E-state index in [1.165, 1.54) is 12.1 Å². The van der Waals surface area contributed by atoms with Gasteiger partial charge >= 0.3 is 0 Å². The molecule has 1 aromatic heterocycles. The van der Waals surface area contributed by atoms with Crippen molar-refractivity contribution in [2.75, 3.05) is 18.4 Å². The van der Waals surface area contributed by atoms with Crippen LogP contribution in [0.1, 0.15) is 5.56 Å². The Bertz CT molecular complexity index is 758. The van der Waals surface area contributed by atoms with Crippen LogP contribution in [-0.2, 0) is 10.0 Å². The summed E-state index contributed by atoms with van der Waals surface area (Å²) in [7, 11) is -3.51. The number of para-hydroxylation sites is 1. The van der Waals surface area contributed by atoms with Crippen molar-refractivity contribution in [2.24, 2.45) is 0 Å². The Morgan fingerprint density at radius 1 is 1.23 bits per heavy atom. The Morgan fingerprint density at radius 2 is 2.00 bits per heavy atom. The largest absolute Gasteiger partial charge is 0.378 e. The summed E-state index contributed by atoms with van der Waals surface area (Å²) in [6.45, 7) is 2.13. The number of hydrogen-bond acceptors (Lipinski definition) is 6. The van der Waals surface area contributed by atoms with Crippen LogP contribution in [0.3, 0.4) is 0 Å². The van der Waals surface area contributed by atoms with E-state index in [-0.39, 0.29) is 23.0 Å². The van der Waals surface area contributed by atoms with Crippen LogP contribution >= 0.6 is 11.3 Å². The predicted octanol–water partition coefficient (Wildman–Crippen LogP) is 2.36. The van der Waals surface area contributed by atoms with Crippen LogP contribution in [0, 0.1) is 17.0 Å². The van der Waals surface area contributed by atoms with Gasteiger partial charge < -0.3 is 5.32 Å². The first kappa shape index (κ1) is 16.4. The molecule has 0 aliphatic carbocycles. The zero-order chi connectivity index (χ0) is 16.2. The number of nitrogens with one attached hydrogen (secondary N) is 2. The molecule has 22 heavy (non-hydrogen) atoms. The lowest BCUT2D eigenvalue weighted by Gasteiger charge is -2.10. The fourth-order valence-corrected chi connectivity index (χ4v) is 3.96. The number of anilines is 1. The summed E-state index contributed by atoms with van der Waals surface area (Å²) in [5.41, 5.74) is 1.11. The molecule has 0 radical (unpaired) electrons. The number of rotatable bonds is 7. The zero-order valence-electron chi connectivity index (χ0n) is 11.8. The molecular formula is C13H15N3O4S2. The van der Waals surface area contributed by atoms with Crippen molar-refractivity contribution in [1.29, 1.82) is 0 Å². The number of hydrogen-bond donors (Lipinski definition) is 2. The number of thiophene rings is 1. The number of nitro groups is 1. The third kappa shape index (κ3) is 3.81. The van der Waals surface area contributed by atoms with Gasteiger partial charge in [-0.3, -0.25) is 10.1 Å². The Morgan fingerprint density at radius 3 is 2.64 bits per heavy atom. The van der Waals surface area contributed by atoms with Crippen LogP contribution in [-0.4, -0.2) is 26.4 Å². The van der Waals surface area contributed by atoms with E-state index in [1.54, 1.807) is 30.5 Å². The Labute approximate surface area is 132 Å². The predicted molar refractivity (Wildman–Crippen MR) is 85.8 cm³/mol. The van der Waals surface area contributed by atoms with Crippen molar-refractivity contribution in [3.05, 3.63) is 51.4 Å². The molecule has 7 nitrogen and oxygen atoms in total. The molecule has 2 N–H and O–H groups in total. The molecule has 0 aliphatic heterocycles. The summed E-state index contributed by atoms with van der Waals surface area (Å²) in [4.78, 5) is 10.5. The third-order valence-electron chi connectivity index (χ3n) is 2.93. The van der Waals surface area contributed by atoms with E-state index >= 15 is 0 Å². The highest BCUT2D eigenvalue weighted by Crippen LogP contribution is 2.27. The average molecular weight is 341 g/mol. The second-order valence-electron chi connectivity index (χ2n) is 4.48. The van der Waals surface area contributed by atoms with Gasteiger partial charge in [0.15, 0.2) is 0 Å². The Kier molecular flexibility index (Phi) is 5.11. The first-order chi connectivity index (χ1) is 10.4. The van der Waals surface area contributed by atoms with Crippen LogP contribution < -0.4 is 10.0 Å². The van der Waals surface area contributed by atoms with Crippen LogP contribution in [0.25, 0.3) is 0 Å². The highest BCUT2D eigenvalue weighted by Gasteiger charge is 2.16. The second kappa shape index (κ2) is 6.86. The zero-order valence-corrected chi connectivity index (χ0v) is 13.4. The standard InChI is InChI=1S/C13H15N3O4S2/c1-10-4-2-5-11(16(17)18)13(10)14-7-8-15-22(19,20)12-6-3-9-21-12/h2-6,9,14-15H,7-8H2,1H3. The van der Waals surface area contributed by atoms with Crippen LogP contribution in [0.15, 0.2) is 39.9 Å². The van der Waals surface area contributed by atoms with Crippen molar-refractivity contribution in [1.82, 2.24) is 4.72 Å². The monoisotopic (exact) mass is 341 g/mol. The Balaban J connectivity index is 1.97. The molecule has 2 aromatic rings. The van der Waals surface area contributed by atoms with E-state index in [0.29, 0.717) is 5.69 Å². The number of sulfonamides is 1. The van der Waals surface area contributed by atoms with Crippen LogP contribution in [0.2, 0.25) is 0 Å². The molecule has 0 saturated heterocycles. The van der Waals surface area contributed by atoms with Gasteiger partial charge in [0.2, 0.25) is 10.0 Å². The SMILES string of the molecule is Cc1cccc([N+](=O)[O-])c1NCCNS(=O)(=O)c1cccs1. The lowest BCUT2D eigenvalue weighted by atomic mass is 10.1. The van der Waals surface area contributed by atoms with Crippen molar-refractivity contribution >= 4 is 32.7 Å². The molecule has 0 bridgehead atoms. The third-order valence-corrected chi connectivity index (χ3v) is 5.78. The normalized spacial score (nSPS) is 11.3. The molecule has 0 aliphatic rings. The average Bonchev–Trinajstić information content (AvgIpc) is 2.99. The molecule has 9 heteroatoms. The minimum atomic E-state index is -3.51. The van der Waals surface area contributed by atoms with E-state index in [0.717, 1.165) is 16.9 Å². The minimum absolute atomic E-state index is 0.0267. The van der Waals surface area contributed by atoms with Gasteiger partial charge in [-0.1, -0.05) is 18.2 Å². The van der Waals surface area contributed by atoms with Gasteiger partial charge in [-0.05, 0) is 23.9 Å². The molecule has 0 saturated carbocycles. The molecule has 118 valence electrons. The van der Waals surface area contributed by atoms with E-state index < -0.39 is 14.9 Å². The quantitative estimate of drug-likeness (QED) is 0.457. The first-order valence-corrected chi connectivity index (χ1v) is 8.79. The summed E-state index contributed by atoms with van der Waals surface area (Å²) in [5, 5.41) is 15.6. The van der Waals surface area contributed by atoms with E-state index in [4.69, 9.17) is 0 Å². The second-order valence-corrected chi connectivity index (χ2v) is 7.42. The lowest BCUT2D eigenvalue weighted by molar-refractivity contribution is -0.384. The van der Waals surface area contributed by atoms with Gasteiger partial charge in [0.25, 0.3) is 5.69 Å². The van der Waals surface area contributed by atoms with Gasteiger partial charge in [-0.2, -0.15) is 0 Å².